The zero-order valence-electron chi connectivity index (χ0n) is 11.2. The lowest BCUT2D eigenvalue weighted by molar-refractivity contribution is -0.137. The van der Waals surface area contributed by atoms with Crippen LogP contribution in [0.1, 0.15) is 11.7 Å². The molecular weight excluding hydrogens is 313 g/mol. The summed E-state index contributed by atoms with van der Waals surface area (Å²) in [5.74, 6) is -2.65. The fraction of sp³-hybridized carbons (Fsp3) is 0.308. The summed E-state index contributed by atoms with van der Waals surface area (Å²) in [4.78, 5) is 11.4. The van der Waals surface area contributed by atoms with E-state index in [9.17, 15) is 18.0 Å². The van der Waals surface area contributed by atoms with Gasteiger partial charge in [-0.05, 0) is 17.7 Å². The van der Waals surface area contributed by atoms with Crippen molar-refractivity contribution in [2.24, 2.45) is 0 Å². The summed E-state index contributed by atoms with van der Waals surface area (Å²) in [6.07, 6.45) is -1.04. The fourth-order valence-electron chi connectivity index (χ4n) is 1.65. The van der Waals surface area contributed by atoms with E-state index in [-0.39, 0.29) is 16.2 Å². The molecule has 0 N–H and O–H groups in total. The summed E-state index contributed by atoms with van der Waals surface area (Å²) in [7, 11) is 2.40. The number of esters is 1. The largest absolute Gasteiger partial charge is 0.466 e. The number of hydrogen-bond donors (Lipinski definition) is 0. The third kappa shape index (κ3) is 4.12. The van der Waals surface area contributed by atoms with Crippen molar-refractivity contribution in [1.82, 2.24) is 0 Å². The topological polar surface area (TPSA) is 44.8 Å². The Morgan fingerprint density at radius 3 is 2.38 bits per heavy atom. The first kappa shape index (κ1) is 17.3. The van der Waals surface area contributed by atoms with Crippen molar-refractivity contribution in [1.29, 1.82) is 0 Å². The Morgan fingerprint density at radius 1 is 1.33 bits per heavy atom. The Kier molecular flexibility index (Phi) is 6.04. The summed E-state index contributed by atoms with van der Waals surface area (Å²) < 4.78 is 51.5. The first-order valence-electron chi connectivity index (χ1n) is 5.55. The molecule has 0 spiro atoms. The molecule has 1 aromatic rings. The second-order valence-electron chi connectivity index (χ2n) is 3.82. The Morgan fingerprint density at radius 2 is 1.95 bits per heavy atom. The van der Waals surface area contributed by atoms with Crippen LogP contribution in [0.2, 0.25) is 5.02 Å². The van der Waals surface area contributed by atoms with Gasteiger partial charge in [0, 0.05) is 7.11 Å². The van der Waals surface area contributed by atoms with Crippen molar-refractivity contribution in [2.75, 3.05) is 14.2 Å². The monoisotopic (exact) mass is 324 g/mol. The van der Waals surface area contributed by atoms with Gasteiger partial charge in [-0.2, -0.15) is 8.78 Å². The third-order valence-electron chi connectivity index (χ3n) is 2.53. The highest BCUT2D eigenvalue weighted by Crippen LogP contribution is 2.35. The SMILES string of the molecule is C=C(C(=O)OC)C(OC)c1cc(F)c(OC(F)F)c(Cl)c1. The van der Waals surface area contributed by atoms with Crippen molar-refractivity contribution in [3.63, 3.8) is 0 Å². The molecule has 0 fully saturated rings. The van der Waals surface area contributed by atoms with Gasteiger partial charge in [-0.3, -0.25) is 0 Å². The van der Waals surface area contributed by atoms with E-state index in [2.05, 4.69) is 16.1 Å². The van der Waals surface area contributed by atoms with Crippen molar-refractivity contribution < 1.29 is 32.2 Å². The van der Waals surface area contributed by atoms with Crippen LogP contribution in [0.5, 0.6) is 5.75 Å². The third-order valence-corrected chi connectivity index (χ3v) is 2.81. The van der Waals surface area contributed by atoms with E-state index in [1.54, 1.807) is 0 Å². The predicted molar refractivity (Wildman–Crippen MR) is 68.9 cm³/mol. The van der Waals surface area contributed by atoms with Crippen LogP contribution >= 0.6 is 11.6 Å². The van der Waals surface area contributed by atoms with Gasteiger partial charge in [0.05, 0.1) is 17.7 Å². The van der Waals surface area contributed by atoms with Gasteiger partial charge < -0.3 is 14.2 Å². The van der Waals surface area contributed by atoms with Gasteiger partial charge in [0.25, 0.3) is 0 Å². The Bertz CT molecular complexity index is 525. The maximum Gasteiger partial charge on any atom is 0.387 e. The molecule has 0 amide bonds. The zero-order chi connectivity index (χ0) is 16.2. The molecule has 0 saturated heterocycles. The van der Waals surface area contributed by atoms with E-state index in [1.807, 2.05) is 0 Å². The van der Waals surface area contributed by atoms with Crippen LogP contribution in [0.3, 0.4) is 0 Å². The number of ether oxygens (including phenoxy) is 3. The molecule has 0 aliphatic heterocycles. The summed E-state index contributed by atoms with van der Waals surface area (Å²) >= 11 is 5.70. The smallest absolute Gasteiger partial charge is 0.387 e. The fourth-order valence-corrected chi connectivity index (χ4v) is 1.91. The Labute approximate surface area is 124 Å². The minimum atomic E-state index is -3.22. The van der Waals surface area contributed by atoms with E-state index in [0.29, 0.717) is 0 Å². The first-order chi connectivity index (χ1) is 9.81. The van der Waals surface area contributed by atoms with E-state index in [0.717, 1.165) is 19.2 Å². The summed E-state index contributed by atoms with van der Waals surface area (Å²) in [5, 5.41) is -0.384. The predicted octanol–water partition coefficient (Wildman–Crippen LogP) is 3.50. The van der Waals surface area contributed by atoms with Crippen LogP contribution in [-0.4, -0.2) is 26.8 Å². The molecule has 1 unspecified atom stereocenters. The zero-order valence-corrected chi connectivity index (χ0v) is 11.9. The van der Waals surface area contributed by atoms with Crippen LogP contribution in [-0.2, 0) is 14.3 Å². The van der Waals surface area contributed by atoms with Crippen LogP contribution in [0, 0.1) is 5.82 Å². The molecule has 116 valence electrons. The number of benzene rings is 1. The molecule has 4 nitrogen and oxygen atoms in total. The summed E-state index contributed by atoms with van der Waals surface area (Å²) in [6, 6.07) is 2.01. The number of carbonyl (C=O) groups excluding carboxylic acids is 1. The molecule has 0 aliphatic rings. The summed E-state index contributed by atoms with van der Waals surface area (Å²) in [5.41, 5.74) is 0.00927. The molecule has 1 atom stereocenters. The molecule has 8 heteroatoms. The summed E-state index contributed by atoms with van der Waals surface area (Å²) in [6.45, 7) is 0.270. The number of hydrogen-bond acceptors (Lipinski definition) is 4. The second-order valence-corrected chi connectivity index (χ2v) is 4.23. The highest BCUT2D eigenvalue weighted by Gasteiger charge is 2.24. The number of alkyl halides is 2. The van der Waals surface area contributed by atoms with Crippen LogP contribution in [0.25, 0.3) is 0 Å². The van der Waals surface area contributed by atoms with Gasteiger partial charge in [0.2, 0.25) is 0 Å². The standard InChI is InChI=1S/C13H12ClF3O4/c1-6(12(18)20-3)10(19-2)7-4-8(14)11(9(15)5-7)21-13(16)17/h4-5,10,13H,1H2,2-3H3. The lowest BCUT2D eigenvalue weighted by Crippen LogP contribution is -2.14. The highest BCUT2D eigenvalue weighted by molar-refractivity contribution is 6.32. The molecule has 1 aromatic carbocycles. The average molecular weight is 325 g/mol. The normalized spacial score (nSPS) is 12.1. The van der Waals surface area contributed by atoms with Gasteiger partial charge in [-0.1, -0.05) is 18.2 Å². The van der Waals surface area contributed by atoms with Gasteiger partial charge >= 0.3 is 12.6 Å². The molecule has 0 radical (unpaired) electrons. The minimum Gasteiger partial charge on any atom is -0.466 e. The van der Waals surface area contributed by atoms with Gasteiger partial charge in [0.1, 0.15) is 6.10 Å². The Balaban J connectivity index is 3.18. The molecule has 1 rings (SSSR count). The van der Waals surface area contributed by atoms with E-state index < -0.39 is 30.3 Å². The van der Waals surface area contributed by atoms with Gasteiger partial charge in [-0.25, -0.2) is 9.18 Å². The van der Waals surface area contributed by atoms with Crippen molar-refractivity contribution >= 4 is 17.6 Å². The molecule has 21 heavy (non-hydrogen) atoms. The molecule has 0 heterocycles. The minimum absolute atomic E-state index is 0.0991. The number of rotatable bonds is 6. The van der Waals surface area contributed by atoms with Gasteiger partial charge in [0.15, 0.2) is 11.6 Å². The average Bonchev–Trinajstić information content (AvgIpc) is 2.42. The van der Waals surface area contributed by atoms with E-state index in [4.69, 9.17) is 16.3 Å². The molecule has 0 saturated carbocycles. The van der Waals surface area contributed by atoms with Crippen molar-refractivity contribution in [3.05, 3.63) is 40.7 Å². The van der Waals surface area contributed by atoms with E-state index in [1.165, 1.54) is 7.11 Å². The Hall–Kier alpha value is -1.73. The van der Waals surface area contributed by atoms with E-state index >= 15 is 0 Å². The quantitative estimate of drug-likeness (QED) is 0.593. The maximum absolute atomic E-state index is 13.8. The molecule has 0 aromatic heterocycles. The second kappa shape index (κ2) is 7.33. The van der Waals surface area contributed by atoms with Gasteiger partial charge in [-0.15, -0.1) is 0 Å². The lowest BCUT2D eigenvalue weighted by Gasteiger charge is -2.18. The number of carbonyl (C=O) groups is 1. The van der Waals surface area contributed by atoms with Crippen LogP contribution in [0.15, 0.2) is 24.3 Å². The van der Waals surface area contributed by atoms with Crippen LogP contribution in [0.4, 0.5) is 13.2 Å². The molecular formula is C13H12ClF3O4. The van der Waals surface area contributed by atoms with Crippen molar-refractivity contribution in [3.8, 4) is 5.75 Å². The molecule has 0 bridgehead atoms. The molecule has 0 aliphatic carbocycles. The van der Waals surface area contributed by atoms with Crippen molar-refractivity contribution in [2.45, 2.75) is 12.7 Å². The van der Waals surface area contributed by atoms with Crippen LogP contribution < -0.4 is 4.74 Å². The highest BCUT2D eigenvalue weighted by atomic mass is 35.5. The maximum atomic E-state index is 13.8. The first-order valence-corrected chi connectivity index (χ1v) is 5.93. The lowest BCUT2D eigenvalue weighted by atomic mass is 10.0. The number of methoxy groups -OCH3 is 2. The number of halogens is 4.